The van der Waals surface area contributed by atoms with E-state index in [1.807, 2.05) is 18.2 Å². The van der Waals surface area contributed by atoms with Gasteiger partial charge in [0.2, 0.25) is 0 Å². The lowest BCUT2D eigenvalue weighted by molar-refractivity contribution is 0.471. The second kappa shape index (κ2) is 5.80. The van der Waals surface area contributed by atoms with Gasteiger partial charge in [-0.3, -0.25) is 4.98 Å². The second-order valence-corrected chi connectivity index (χ2v) is 3.92. The summed E-state index contributed by atoms with van der Waals surface area (Å²) in [7, 11) is 0. The molecule has 0 amide bonds. The van der Waals surface area contributed by atoms with Gasteiger partial charge >= 0.3 is 0 Å². The Balaban J connectivity index is 1.88. The summed E-state index contributed by atoms with van der Waals surface area (Å²) in [4.78, 5) is 4.08. The van der Waals surface area contributed by atoms with Crippen molar-refractivity contribution in [3.63, 3.8) is 0 Å². The minimum atomic E-state index is 0.167. The van der Waals surface area contributed by atoms with Crippen molar-refractivity contribution in [1.82, 2.24) is 10.3 Å². The monoisotopic (exact) mass is 239 g/mol. The molecule has 0 unspecified atom stereocenters. The number of aromatic nitrogens is 1. The molecular weight excluding hydrogens is 226 g/mol. The molecular formula is C14H13N3O. The van der Waals surface area contributed by atoms with Crippen molar-refractivity contribution in [1.29, 1.82) is 5.26 Å². The number of rotatable bonds is 4. The lowest BCUT2D eigenvalue weighted by Gasteiger charge is -2.05. The van der Waals surface area contributed by atoms with Crippen LogP contribution in [0.4, 0.5) is 0 Å². The summed E-state index contributed by atoms with van der Waals surface area (Å²) >= 11 is 0. The minimum absolute atomic E-state index is 0.167. The fraction of sp³-hybridized carbons (Fsp3) is 0.143. The van der Waals surface area contributed by atoms with E-state index >= 15 is 0 Å². The molecule has 4 heteroatoms. The second-order valence-electron chi connectivity index (χ2n) is 3.92. The molecule has 2 N–H and O–H groups in total. The van der Waals surface area contributed by atoms with Gasteiger partial charge < -0.3 is 10.4 Å². The van der Waals surface area contributed by atoms with Crippen molar-refractivity contribution in [2.45, 2.75) is 13.1 Å². The number of benzene rings is 1. The highest BCUT2D eigenvalue weighted by molar-refractivity contribution is 5.32. The van der Waals surface area contributed by atoms with Crippen LogP contribution in [0.2, 0.25) is 0 Å². The predicted octanol–water partition coefficient (Wildman–Crippen LogP) is 1.95. The summed E-state index contributed by atoms with van der Waals surface area (Å²) in [6.45, 7) is 1.30. The summed E-state index contributed by atoms with van der Waals surface area (Å²) in [6, 6.07) is 13.0. The van der Waals surface area contributed by atoms with Crippen LogP contribution in [0.25, 0.3) is 0 Å². The van der Waals surface area contributed by atoms with Gasteiger partial charge in [0.15, 0.2) is 0 Å². The number of nitriles is 1. The molecule has 0 spiro atoms. The average Bonchev–Trinajstić information content (AvgIpc) is 2.41. The fourth-order valence-corrected chi connectivity index (χ4v) is 1.61. The molecule has 0 radical (unpaired) electrons. The lowest BCUT2D eigenvalue weighted by Crippen LogP contribution is -2.13. The Kier molecular flexibility index (Phi) is 3.90. The zero-order valence-corrected chi connectivity index (χ0v) is 9.80. The Morgan fingerprint density at radius 2 is 2.11 bits per heavy atom. The summed E-state index contributed by atoms with van der Waals surface area (Å²) in [5.74, 6) is 0.167. The fourth-order valence-electron chi connectivity index (χ4n) is 1.61. The van der Waals surface area contributed by atoms with E-state index in [1.165, 1.54) is 6.20 Å². The van der Waals surface area contributed by atoms with E-state index in [-0.39, 0.29) is 5.75 Å². The van der Waals surface area contributed by atoms with Crippen LogP contribution < -0.4 is 5.32 Å². The van der Waals surface area contributed by atoms with Gasteiger partial charge in [-0.2, -0.15) is 5.26 Å². The molecule has 2 aromatic rings. The molecule has 0 aliphatic heterocycles. The Morgan fingerprint density at radius 3 is 2.83 bits per heavy atom. The molecule has 0 fully saturated rings. The molecule has 0 bridgehead atoms. The van der Waals surface area contributed by atoms with Gasteiger partial charge in [0.25, 0.3) is 0 Å². The van der Waals surface area contributed by atoms with Gasteiger partial charge in [-0.25, -0.2) is 0 Å². The first-order chi connectivity index (χ1) is 8.78. The van der Waals surface area contributed by atoms with E-state index < -0.39 is 0 Å². The average molecular weight is 239 g/mol. The van der Waals surface area contributed by atoms with E-state index in [9.17, 15) is 0 Å². The highest BCUT2D eigenvalue weighted by atomic mass is 16.3. The smallest absolute Gasteiger partial charge is 0.133 e. The van der Waals surface area contributed by atoms with E-state index in [4.69, 9.17) is 10.4 Å². The lowest BCUT2D eigenvalue weighted by atomic mass is 10.1. The number of nitrogens with one attached hydrogen (secondary N) is 1. The maximum absolute atomic E-state index is 9.10. The third kappa shape index (κ3) is 3.30. The van der Waals surface area contributed by atoms with Gasteiger partial charge in [0.1, 0.15) is 5.75 Å². The molecule has 1 aromatic heterocycles. The normalized spacial score (nSPS) is 9.94. The predicted molar refractivity (Wildman–Crippen MR) is 67.6 cm³/mol. The van der Waals surface area contributed by atoms with Gasteiger partial charge in [-0.05, 0) is 29.8 Å². The van der Waals surface area contributed by atoms with Crippen LogP contribution in [0, 0.1) is 11.3 Å². The maximum atomic E-state index is 9.10. The SMILES string of the molecule is N#Cc1cccc(CNCc2ccc(O)cn2)c1. The topological polar surface area (TPSA) is 68.9 Å². The molecule has 1 heterocycles. The molecule has 4 nitrogen and oxygen atoms in total. The zero-order valence-electron chi connectivity index (χ0n) is 9.80. The summed E-state index contributed by atoms with van der Waals surface area (Å²) in [5, 5.41) is 21.1. The molecule has 0 aliphatic rings. The van der Waals surface area contributed by atoms with Crippen LogP contribution in [0.15, 0.2) is 42.6 Å². The first kappa shape index (κ1) is 12.1. The van der Waals surface area contributed by atoms with Crippen LogP contribution in [0.3, 0.4) is 0 Å². The van der Waals surface area contributed by atoms with Crippen molar-refractivity contribution < 1.29 is 5.11 Å². The van der Waals surface area contributed by atoms with Crippen molar-refractivity contribution in [3.8, 4) is 11.8 Å². The third-order valence-electron chi connectivity index (χ3n) is 2.50. The molecule has 0 aliphatic carbocycles. The van der Waals surface area contributed by atoms with Gasteiger partial charge in [0, 0.05) is 13.1 Å². The molecule has 18 heavy (non-hydrogen) atoms. The maximum Gasteiger partial charge on any atom is 0.133 e. The summed E-state index contributed by atoms with van der Waals surface area (Å²) in [6.07, 6.45) is 1.42. The molecule has 90 valence electrons. The largest absolute Gasteiger partial charge is 0.506 e. The summed E-state index contributed by atoms with van der Waals surface area (Å²) in [5.41, 5.74) is 2.59. The van der Waals surface area contributed by atoms with E-state index in [1.54, 1.807) is 18.2 Å². The quantitative estimate of drug-likeness (QED) is 0.855. The van der Waals surface area contributed by atoms with Gasteiger partial charge in [0.05, 0.1) is 23.5 Å². The zero-order chi connectivity index (χ0) is 12.8. The number of hydrogen-bond donors (Lipinski definition) is 2. The van der Waals surface area contributed by atoms with E-state index in [0.29, 0.717) is 18.7 Å². The first-order valence-corrected chi connectivity index (χ1v) is 5.61. The van der Waals surface area contributed by atoms with Crippen molar-refractivity contribution in [2.24, 2.45) is 0 Å². The third-order valence-corrected chi connectivity index (χ3v) is 2.50. The van der Waals surface area contributed by atoms with E-state index in [0.717, 1.165) is 11.3 Å². The van der Waals surface area contributed by atoms with Crippen LogP contribution in [0.5, 0.6) is 5.75 Å². The Labute approximate surface area is 106 Å². The van der Waals surface area contributed by atoms with Crippen LogP contribution in [-0.4, -0.2) is 10.1 Å². The Morgan fingerprint density at radius 1 is 1.22 bits per heavy atom. The van der Waals surface area contributed by atoms with Crippen molar-refractivity contribution >= 4 is 0 Å². The van der Waals surface area contributed by atoms with Crippen LogP contribution in [0.1, 0.15) is 16.8 Å². The number of nitrogens with zero attached hydrogens (tertiary/aromatic N) is 2. The molecule has 0 saturated heterocycles. The van der Waals surface area contributed by atoms with E-state index in [2.05, 4.69) is 16.4 Å². The minimum Gasteiger partial charge on any atom is -0.506 e. The molecule has 0 saturated carbocycles. The number of pyridine rings is 1. The van der Waals surface area contributed by atoms with Crippen LogP contribution in [-0.2, 0) is 13.1 Å². The molecule has 2 rings (SSSR count). The highest BCUT2D eigenvalue weighted by Crippen LogP contribution is 2.07. The first-order valence-electron chi connectivity index (χ1n) is 5.61. The highest BCUT2D eigenvalue weighted by Gasteiger charge is 1.97. The van der Waals surface area contributed by atoms with Crippen molar-refractivity contribution in [2.75, 3.05) is 0 Å². The standard InChI is InChI=1S/C14H13N3O/c15-7-11-2-1-3-12(6-11)8-16-9-13-4-5-14(18)10-17-13/h1-6,10,16,18H,8-9H2. The molecule has 0 atom stereocenters. The Bertz CT molecular complexity index is 558. The Hall–Kier alpha value is -2.38. The van der Waals surface area contributed by atoms with Crippen LogP contribution >= 0.6 is 0 Å². The van der Waals surface area contributed by atoms with Crippen molar-refractivity contribution in [3.05, 3.63) is 59.4 Å². The number of aromatic hydroxyl groups is 1. The molecule has 1 aromatic carbocycles. The van der Waals surface area contributed by atoms with Gasteiger partial charge in [-0.1, -0.05) is 12.1 Å². The summed E-state index contributed by atoms with van der Waals surface area (Å²) < 4.78 is 0. The number of hydrogen-bond acceptors (Lipinski definition) is 4. The van der Waals surface area contributed by atoms with Gasteiger partial charge in [-0.15, -0.1) is 0 Å².